The van der Waals surface area contributed by atoms with Gasteiger partial charge in [0.15, 0.2) is 0 Å². The van der Waals surface area contributed by atoms with Crippen LogP contribution in [0.25, 0.3) is 0 Å². The summed E-state index contributed by atoms with van der Waals surface area (Å²) in [7, 11) is 0. The number of amides is 3. The largest absolute Gasteiger partial charge is 0.396 e. The van der Waals surface area contributed by atoms with E-state index in [0.29, 0.717) is 26.2 Å². The third-order valence-corrected chi connectivity index (χ3v) is 10.8. The highest BCUT2D eigenvalue weighted by atomic mass is 32.2. The maximum Gasteiger partial charge on any atom is 0.247 e. The highest BCUT2D eigenvalue weighted by Crippen LogP contribution is 2.61. The molecule has 6 atom stereocenters. The molecule has 2 fully saturated rings. The van der Waals surface area contributed by atoms with Crippen molar-refractivity contribution in [3.63, 3.8) is 0 Å². The molecular formula is C32H43N3O4S. The number of fused-ring (bicyclic) bond motifs is 2. The van der Waals surface area contributed by atoms with Crippen molar-refractivity contribution in [3.05, 3.63) is 60.2 Å². The van der Waals surface area contributed by atoms with Gasteiger partial charge in [0.1, 0.15) is 6.04 Å². The summed E-state index contributed by atoms with van der Waals surface area (Å²) in [4.78, 5) is 48.6. The summed E-state index contributed by atoms with van der Waals surface area (Å²) >= 11 is 1.66. The minimum Gasteiger partial charge on any atom is -0.396 e. The van der Waals surface area contributed by atoms with Gasteiger partial charge < -0.3 is 19.8 Å². The number of hydrogen-bond acceptors (Lipinski definition) is 5. The quantitative estimate of drug-likeness (QED) is 0.324. The van der Waals surface area contributed by atoms with E-state index in [1.807, 2.05) is 45.0 Å². The summed E-state index contributed by atoms with van der Waals surface area (Å²) < 4.78 is -0.759. The van der Waals surface area contributed by atoms with Crippen LogP contribution in [-0.4, -0.2) is 85.8 Å². The molecular weight excluding hydrogens is 522 g/mol. The molecule has 8 heteroatoms. The Balaban J connectivity index is 1.48. The fourth-order valence-corrected chi connectivity index (χ4v) is 9.12. The third-order valence-electron chi connectivity index (χ3n) is 9.04. The fourth-order valence-electron chi connectivity index (χ4n) is 7.11. The molecule has 2 unspecified atom stereocenters. The number of aliphatic hydroxyl groups is 1. The van der Waals surface area contributed by atoms with E-state index < -0.39 is 22.6 Å². The van der Waals surface area contributed by atoms with E-state index in [1.165, 1.54) is 0 Å². The lowest BCUT2D eigenvalue weighted by Gasteiger charge is -2.37. The normalized spacial score (nSPS) is 30.3. The van der Waals surface area contributed by atoms with E-state index in [-0.39, 0.29) is 35.6 Å². The van der Waals surface area contributed by atoms with Crippen molar-refractivity contribution in [3.8, 4) is 0 Å². The first-order valence-electron chi connectivity index (χ1n) is 15.0. The molecule has 0 saturated carbocycles. The van der Waals surface area contributed by atoms with Crippen LogP contribution in [0.5, 0.6) is 0 Å². The second kappa shape index (κ2) is 12.5. The Hall–Kier alpha value is -2.58. The molecule has 0 aromatic heterocycles. The second-order valence-corrected chi connectivity index (χ2v) is 13.2. The van der Waals surface area contributed by atoms with E-state index in [2.05, 4.69) is 38.2 Å². The van der Waals surface area contributed by atoms with Crippen molar-refractivity contribution < 1.29 is 19.5 Å². The van der Waals surface area contributed by atoms with Gasteiger partial charge in [-0.15, -0.1) is 11.8 Å². The number of carbonyl (C=O) groups excluding carboxylic acids is 3. The van der Waals surface area contributed by atoms with Gasteiger partial charge in [-0.25, -0.2) is 0 Å². The maximum atomic E-state index is 14.4. The molecule has 4 aliphatic heterocycles. The van der Waals surface area contributed by atoms with Gasteiger partial charge in [0.05, 0.1) is 16.6 Å². The first kappa shape index (κ1) is 28.9. The summed E-state index contributed by atoms with van der Waals surface area (Å²) in [5.74, 6) is -1.11. The molecule has 1 aromatic carbocycles. The van der Waals surface area contributed by atoms with Gasteiger partial charge in [-0.2, -0.15) is 0 Å². The van der Waals surface area contributed by atoms with Crippen molar-refractivity contribution in [2.45, 2.75) is 81.0 Å². The SMILES string of the molecule is CCCC(C)N1CC=C[C@]23S[C@@H]4C=CCN(Cc5ccccc5)C(=O)[C@@H]4[C@H]2C(=O)N(CCCCCCO)C3C1=O. The first-order valence-corrected chi connectivity index (χ1v) is 15.9. The summed E-state index contributed by atoms with van der Waals surface area (Å²) in [6.07, 6.45) is 13.5. The van der Waals surface area contributed by atoms with Gasteiger partial charge in [0, 0.05) is 44.1 Å². The molecule has 0 bridgehead atoms. The van der Waals surface area contributed by atoms with Crippen LogP contribution in [0, 0.1) is 11.8 Å². The van der Waals surface area contributed by atoms with Gasteiger partial charge in [0.2, 0.25) is 17.7 Å². The molecule has 2 saturated heterocycles. The standard InChI is InChI=1S/C32H43N3O4S/c1-3-13-23(2)34-20-12-17-32-27(30(38)35(28(32)31(34)39)19-9-4-5-10-21-36)26-25(40-32)16-11-18-33(29(26)37)22-24-14-7-6-8-15-24/h6-8,11-12,14-17,23,25-28,36H,3-5,9-10,13,18-22H2,1-2H3/t23?,25-,26+,27+,28?,32+/m1/s1. The molecule has 0 aliphatic carbocycles. The smallest absolute Gasteiger partial charge is 0.247 e. The lowest BCUT2D eigenvalue weighted by atomic mass is 9.78. The number of likely N-dealkylation sites (tertiary alicyclic amines) is 1. The van der Waals surface area contributed by atoms with Crippen LogP contribution >= 0.6 is 11.8 Å². The number of thioether (sulfide) groups is 1. The summed E-state index contributed by atoms with van der Waals surface area (Å²) in [5, 5.41) is 9.03. The molecule has 3 amide bonds. The molecule has 7 nitrogen and oxygen atoms in total. The minimum atomic E-state index is -0.759. The average Bonchev–Trinajstić information content (AvgIpc) is 3.26. The van der Waals surface area contributed by atoms with E-state index in [0.717, 1.165) is 44.1 Å². The van der Waals surface area contributed by atoms with Crippen molar-refractivity contribution in [2.75, 3.05) is 26.2 Å². The number of unbranched alkanes of at least 4 members (excludes halogenated alkanes) is 3. The van der Waals surface area contributed by atoms with Crippen LogP contribution in [0.4, 0.5) is 0 Å². The summed E-state index contributed by atoms with van der Waals surface area (Å²) in [5.41, 5.74) is 1.06. The number of rotatable bonds is 11. The zero-order valence-electron chi connectivity index (χ0n) is 23.8. The van der Waals surface area contributed by atoms with Crippen LogP contribution in [-0.2, 0) is 20.9 Å². The highest BCUT2D eigenvalue weighted by molar-refractivity contribution is 8.02. The Morgan fingerprint density at radius 2 is 1.77 bits per heavy atom. The van der Waals surface area contributed by atoms with Crippen molar-refractivity contribution in [1.29, 1.82) is 0 Å². The molecule has 0 radical (unpaired) electrons. The molecule has 1 N–H and O–H groups in total. The predicted molar refractivity (Wildman–Crippen MR) is 158 cm³/mol. The Morgan fingerprint density at radius 1 is 1.00 bits per heavy atom. The second-order valence-electron chi connectivity index (χ2n) is 11.7. The number of aliphatic hydroxyl groups excluding tert-OH is 1. The zero-order chi connectivity index (χ0) is 28.3. The zero-order valence-corrected chi connectivity index (χ0v) is 24.6. The van der Waals surface area contributed by atoms with E-state index in [1.54, 1.807) is 11.8 Å². The van der Waals surface area contributed by atoms with Gasteiger partial charge in [-0.05, 0) is 31.7 Å². The first-order chi connectivity index (χ1) is 19.4. The van der Waals surface area contributed by atoms with Gasteiger partial charge >= 0.3 is 0 Å². The Morgan fingerprint density at radius 3 is 2.52 bits per heavy atom. The van der Waals surface area contributed by atoms with Crippen LogP contribution in [0.3, 0.4) is 0 Å². The Bertz CT molecular complexity index is 1140. The number of hydrogen-bond donors (Lipinski definition) is 1. The lowest BCUT2D eigenvalue weighted by molar-refractivity contribution is -0.145. The van der Waals surface area contributed by atoms with Gasteiger partial charge in [-0.3, -0.25) is 14.4 Å². The maximum absolute atomic E-state index is 14.4. The predicted octanol–water partition coefficient (Wildman–Crippen LogP) is 4.02. The lowest BCUT2D eigenvalue weighted by Crippen LogP contribution is -2.55. The molecule has 40 heavy (non-hydrogen) atoms. The minimum absolute atomic E-state index is 0.00595. The average molecular weight is 566 g/mol. The molecule has 4 aliphatic rings. The topological polar surface area (TPSA) is 81.2 Å². The number of nitrogens with zero attached hydrogens (tertiary/aromatic N) is 3. The van der Waals surface area contributed by atoms with Crippen LogP contribution in [0.2, 0.25) is 0 Å². The third kappa shape index (κ3) is 5.25. The summed E-state index contributed by atoms with van der Waals surface area (Å²) in [6, 6.07) is 9.45. The van der Waals surface area contributed by atoms with E-state index >= 15 is 0 Å². The monoisotopic (exact) mass is 565 g/mol. The molecule has 4 heterocycles. The fraction of sp³-hybridized carbons (Fsp3) is 0.594. The van der Waals surface area contributed by atoms with Crippen LogP contribution < -0.4 is 0 Å². The van der Waals surface area contributed by atoms with Gasteiger partial charge in [0.25, 0.3) is 0 Å². The van der Waals surface area contributed by atoms with Crippen molar-refractivity contribution >= 4 is 29.5 Å². The van der Waals surface area contributed by atoms with E-state index in [4.69, 9.17) is 0 Å². The summed E-state index contributed by atoms with van der Waals surface area (Å²) in [6.45, 7) is 6.44. The molecule has 5 rings (SSSR count). The molecule has 1 aromatic rings. The van der Waals surface area contributed by atoms with Crippen LogP contribution in [0.15, 0.2) is 54.6 Å². The molecule has 216 valence electrons. The van der Waals surface area contributed by atoms with E-state index in [9.17, 15) is 19.5 Å². The van der Waals surface area contributed by atoms with Crippen LogP contribution in [0.1, 0.15) is 57.9 Å². The highest BCUT2D eigenvalue weighted by Gasteiger charge is 2.71. The Labute approximate surface area is 242 Å². The molecule has 1 spiro atoms. The van der Waals surface area contributed by atoms with Crippen molar-refractivity contribution in [2.24, 2.45) is 11.8 Å². The number of benzene rings is 1. The van der Waals surface area contributed by atoms with Gasteiger partial charge in [-0.1, -0.05) is 80.8 Å². The van der Waals surface area contributed by atoms with Crippen molar-refractivity contribution in [1.82, 2.24) is 14.7 Å². The Kier molecular flexibility index (Phi) is 9.05. The number of carbonyl (C=O) groups is 3.